The molecule has 10 heteroatoms. The van der Waals surface area contributed by atoms with Crippen LogP contribution in [0.1, 0.15) is 63.6 Å². The van der Waals surface area contributed by atoms with Gasteiger partial charge in [-0.15, -0.1) is 0 Å². The number of carbonyl (C=O) groups excluding carboxylic acids is 4. The summed E-state index contributed by atoms with van der Waals surface area (Å²) in [5.74, 6) is -2.06. The van der Waals surface area contributed by atoms with Gasteiger partial charge in [-0.2, -0.15) is 0 Å². The van der Waals surface area contributed by atoms with Crippen LogP contribution in [-0.4, -0.2) is 55.0 Å². The van der Waals surface area contributed by atoms with Gasteiger partial charge in [-0.25, -0.2) is 19.2 Å². The van der Waals surface area contributed by atoms with E-state index in [0.29, 0.717) is 6.42 Å². The van der Waals surface area contributed by atoms with E-state index in [9.17, 15) is 19.2 Å². The number of carbonyl (C=O) groups is 4. The number of alkyl carbamates (subject to hydrolysis) is 2. The van der Waals surface area contributed by atoms with E-state index in [4.69, 9.17) is 18.9 Å². The lowest BCUT2D eigenvalue weighted by Gasteiger charge is -2.25. The molecule has 3 aromatic carbocycles. The summed E-state index contributed by atoms with van der Waals surface area (Å²) in [5, 5.41) is 5.08. The molecule has 0 fully saturated rings. The van der Waals surface area contributed by atoms with E-state index in [1.807, 2.05) is 61.5 Å². The summed E-state index contributed by atoms with van der Waals surface area (Å²) < 4.78 is 21.8. The van der Waals surface area contributed by atoms with Crippen molar-refractivity contribution in [1.82, 2.24) is 10.6 Å². The van der Waals surface area contributed by atoms with Crippen molar-refractivity contribution in [3.8, 4) is 11.1 Å². The maximum Gasteiger partial charge on any atom is 0.408 e. The fraction of sp³-hybridized carbons (Fsp3) is 0.389. The maximum absolute atomic E-state index is 13.3. The van der Waals surface area contributed by atoms with E-state index in [0.717, 1.165) is 27.8 Å². The lowest BCUT2D eigenvalue weighted by Crippen LogP contribution is -2.50. The molecule has 1 aliphatic rings. The highest BCUT2D eigenvalue weighted by molar-refractivity contribution is 5.84. The molecule has 3 aromatic rings. The fourth-order valence-electron chi connectivity index (χ4n) is 5.14. The van der Waals surface area contributed by atoms with Gasteiger partial charge in [-0.3, -0.25) is 0 Å². The van der Waals surface area contributed by atoms with E-state index in [2.05, 4.69) is 10.6 Å². The van der Waals surface area contributed by atoms with Crippen LogP contribution in [-0.2, 0) is 35.1 Å². The molecule has 2 N–H and O–H groups in total. The van der Waals surface area contributed by atoms with Gasteiger partial charge in [0.05, 0.1) is 0 Å². The van der Waals surface area contributed by atoms with Crippen LogP contribution >= 0.6 is 0 Å². The molecule has 10 nitrogen and oxygen atoms in total. The molecular weight excluding hydrogens is 588 g/mol. The molecule has 0 spiro atoms. The van der Waals surface area contributed by atoms with E-state index < -0.39 is 48.4 Å². The van der Waals surface area contributed by atoms with Crippen molar-refractivity contribution < 1.29 is 38.1 Å². The molecule has 244 valence electrons. The number of hydrogen-bond donors (Lipinski definition) is 2. The van der Waals surface area contributed by atoms with E-state index in [1.165, 1.54) is 0 Å². The van der Waals surface area contributed by atoms with Crippen LogP contribution < -0.4 is 10.6 Å². The minimum absolute atomic E-state index is 0.0427. The molecule has 0 aliphatic heterocycles. The van der Waals surface area contributed by atoms with Gasteiger partial charge in [0.1, 0.15) is 31.5 Å². The van der Waals surface area contributed by atoms with Gasteiger partial charge in [0, 0.05) is 5.92 Å². The highest BCUT2D eigenvalue weighted by Crippen LogP contribution is 2.44. The zero-order valence-electron chi connectivity index (χ0n) is 26.9. The number of hydrogen-bond acceptors (Lipinski definition) is 8. The third-order valence-corrected chi connectivity index (χ3v) is 7.68. The van der Waals surface area contributed by atoms with Crippen molar-refractivity contribution in [2.45, 2.75) is 71.2 Å². The third-order valence-electron chi connectivity index (χ3n) is 7.68. The Morgan fingerprint density at radius 3 is 1.91 bits per heavy atom. The second-order valence-corrected chi connectivity index (χ2v) is 12.3. The highest BCUT2D eigenvalue weighted by Gasteiger charge is 2.33. The summed E-state index contributed by atoms with van der Waals surface area (Å²) in [6.45, 7) is 8.21. The SMILES string of the molecule is CC[C@H](C)[C@H](NC(=O)OCC1c2ccccc2-c2ccccc21)C(=O)OC[C@H](NC(=O)OC(C)(C)C)C(=O)OCc1ccccc1. The van der Waals surface area contributed by atoms with Gasteiger partial charge in [0.15, 0.2) is 6.04 Å². The van der Waals surface area contributed by atoms with E-state index in [1.54, 1.807) is 52.0 Å². The summed E-state index contributed by atoms with van der Waals surface area (Å²) in [6.07, 6.45) is -1.10. The number of benzene rings is 3. The van der Waals surface area contributed by atoms with Crippen LogP contribution in [0, 0.1) is 5.92 Å². The molecule has 2 amide bonds. The number of ether oxygens (including phenoxy) is 4. The Hall–Kier alpha value is -4.86. The van der Waals surface area contributed by atoms with Gasteiger partial charge < -0.3 is 29.6 Å². The van der Waals surface area contributed by atoms with Crippen molar-refractivity contribution in [3.63, 3.8) is 0 Å². The van der Waals surface area contributed by atoms with Gasteiger partial charge in [0.25, 0.3) is 0 Å². The fourth-order valence-corrected chi connectivity index (χ4v) is 5.14. The molecule has 0 heterocycles. The third kappa shape index (κ3) is 9.09. The molecule has 0 bridgehead atoms. The smallest absolute Gasteiger partial charge is 0.408 e. The van der Waals surface area contributed by atoms with Crippen molar-refractivity contribution in [2.75, 3.05) is 13.2 Å². The summed E-state index contributed by atoms with van der Waals surface area (Å²) in [7, 11) is 0. The minimum Gasteiger partial charge on any atom is -0.461 e. The molecule has 0 saturated heterocycles. The first-order valence-corrected chi connectivity index (χ1v) is 15.4. The second-order valence-electron chi connectivity index (χ2n) is 12.3. The number of amides is 2. The normalized spacial score (nSPS) is 14.1. The Bertz CT molecular complexity index is 1470. The van der Waals surface area contributed by atoms with Crippen molar-refractivity contribution >= 4 is 24.1 Å². The Morgan fingerprint density at radius 2 is 1.33 bits per heavy atom. The molecule has 0 unspecified atom stereocenters. The van der Waals surface area contributed by atoms with Crippen molar-refractivity contribution in [1.29, 1.82) is 0 Å². The zero-order chi connectivity index (χ0) is 33.3. The van der Waals surface area contributed by atoms with Crippen LogP contribution in [0.3, 0.4) is 0 Å². The first-order chi connectivity index (χ1) is 22.0. The summed E-state index contributed by atoms with van der Waals surface area (Å²) in [6, 6.07) is 22.6. The Labute approximate surface area is 269 Å². The average Bonchev–Trinajstić information content (AvgIpc) is 3.36. The monoisotopic (exact) mass is 630 g/mol. The van der Waals surface area contributed by atoms with Gasteiger partial charge in [0.2, 0.25) is 0 Å². The van der Waals surface area contributed by atoms with Crippen molar-refractivity contribution in [3.05, 3.63) is 95.6 Å². The topological polar surface area (TPSA) is 129 Å². The Morgan fingerprint density at radius 1 is 0.739 bits per heavy atom. The van der Waals surface area contributed by atoms with E-state index in [-0.39, 0.29) is 25.0 Å². The van der Waals surface area contributed by atoms with Crippen LogP contribution in [0.4, 0.5) is 9.59 Å². The largest absolute Gasteiger partial charge is 0.461 e. The summed E-state index contributed by atoms with van der Waals surface area (Å²) in [4.78, 5) is 51.8. The quantitative estimate of drug-likeness (QED) is 0.181. The van der Waals surface area contributed by atoms with Gasteiger partial charge in [-0.05, 0) is 54.5 Å². The van der Waals surface area contributed by atoms with Crippen LogP contribution in [0.15, 0.2) is 78.9 Å². The first-order valence-electron chi connectivity index (χ1n) is 15.4. The molecule has 4 rings (SSSR count). The van der Waals surface area contributed by atoms with Crippen molar-refractivity contribution in [2.24, 2.45) is 5.92 Å². The van der Waals surface area contributed by atoms with Gasteiger partial charge in [-0.1, -0.05) is 99.1 Å². The number of fused-ring (bicyclic) bond motifs is 3. The minimum atomic E-state index is -1.35. The number of esters is 2. The Kier molecular flexibility index (Phi) is 11.4. The standard InChI is InChI=1S/C36H42N2O8/c1-6-23(2)31(38-34(41)45-21-29-27-18-12-10-16-25(27)26-17-11-13-19-28(26)29)33(40)44-22-30(37-35(42)46-36(3,4)5)32(39)43-20-24-14-8-7-9-15-24/h7-19,23,29-31H,6,20-22H2,1-5H3,(H,37,42)(H,38,41)/t23-,30-,31-/m0/s1. The molecule has 46 heavy (non-hydrogen) atoms. The number of nitrogens with one attached hydrogen (secondary N) is 2. The molecule has 1 aliphatic carbocycles. The predicted octanol–water partition coefficient (Wildman–Crippen LogP) is 6.12. The Balaban J connectivity index is 1.39. The second kappa shape index (κ2) is 15.4. The van der Waals surface area contributed by atoms with E-state index >= 15 is 0 Å². The molecule has 3 atom stereocenters. The predicted molar refractivity (Wildman–Crippen MR) is 172 cm³/mol. The maximum atomic E-state index is 13.3. The van der Waals surface area contributed by atoms with Gasteiger partial charge >= 0.3 is 24.1 Å². The number of rotatable bonds is 12. The lowest BCUT2D eigenvalue weighted by atomic mass is 9.98. The lowest BCUT2D eigenvalue weighted by molar-refractivity contribution is -0.154. The van der Waals surface area contributed by atoms with Crippen LogP contribution in [0.25, 0.3) is 11.1 Å². The summed E-state index contributed by atoms with van der Waals surface area (Å²) >= 11 is 0. The molecular formula is C36H42N2O8. The molecule has 0 aromatic heterocycles. The first kappa shape index (κ1) is 34.0. The van der Waals surface area contributed by atoms with Crippen LogP contribution in [0.2, 0.25) is 0 Å². The van der Waals surface area contributed by atoms with Crippen LogP contribution in [0.5, 0.6) is 0 Å². The zero-order valence-corrected chi connectivity index (χ0v) is 26.9. The summed E-state index contributed by atoms with van der Waals surface area (Å²) in [5.41, 5.74) is 4.26. The average molecular weight is 631 g/mol. The highest BCUT2D eigenvalue weighted by atomic mass is 16.6. The molecule has 0 saturated carbocycles. The molecule has 0 radical (unpaired) electrons.